The zero-order chi connectivity index (χ0) is 13.2. The van der Waals surface area contributed by atoms with E-state index in [-0.39, 0.29) is 18.2 Å². The van der Waals surface area contributed by atoms with Crippen molar-refractivity contribution in [3.05, 3.63) is 35.6 Å². The van der Waals surface area contributed by atoms with Gasteiger partial charge in [-0.05, 0) is 24.1 Å². The van der Waals surface area contributed by atoms with Gasteiger partial charge < -0.3 is 4.74 Å². The van der Waals surface area contributed by atoms with Crippen molar-refractivity contribution in [1.29, 1.82) is 0 Å². The lowest BCUT2D eigenvalue weighted by Crippen LogP contribution is -2.12. The molecule has 0 amide bonds. The van der Waals surface area contributed by atoms with Gasteiger partial charge in [0, 0.05) is 13.0 Å². The molecule has 0 fully saturated rings. The molecule has 0 heterocycles. The molecule has 0 unspecified atom stereocenters. The maximum absolute atomic E-state index is 12.7. The van der Waals surface area contributed by atoms with E-state index >= 15 is 0 Å². The first-order valence-corrected chi connectivity index (χ1v) is 6.56. The van der Waals surface area contributed by atoms with Crippen LogP contribution in [0, 0.1) is 5.82 Å². The van der Waals surface area contributed by atoms with Gasteiger partial charge in [-0.15, -0.1) is 0 Å². The molecule has 3 heteroatoms. The van der Waals surface area contributed by atoms with Crippen molar-refractivity contribution in [2.75, 3.05) is 13.2 Å². The van der Waals surface area contributed by atoms with Gasteiger partial charge in [0.05, 0.1) is 0 Å². The highest BCUT2D eigenvalue weighted by Gasteiger charge is 2.04. The van der Waals surface area contributed by atoms with Gasteiger partial charge in [-0.1, -0.05) is 38.3 Å². The maximum Gasteiger partial charge on any atom is 0.162 e. The largest absolute Gasteiger partial charge is 0.374 e. The fourth-order valence-corrected chi connectivity index (χ4v) is 1.70. The molecule has 0 aliphatic heterocycles. The molecule has 1 rings (SSSR count). The Bertz CT molecular complexity index is 346. The highest BCUT2D eigenvalue weighted by atomic mass is 19.1. The molecule has 18 heavy (non-hydrogen) atoms. The van der Waals surface area contributed by atoms with Crippen LogP contribution >= 0.6 is 0 Å². The molecule has 0 aliphatic carbocycles. The van der Waals surface area contributed by atoms with E-state index in [0.29, 0.717) is 13.0 Å². The quantitative estimate of drug-likeness (QED) is 0.628. The highest BCUT2D eigenvalue weighted by Crippen LogP contribution is 2.04. The van der Waals surface area contributed by atoms with Crippen molar-refractivity contribution in [2.45, 2.75) is 39.0 Å². The Labute approximate surface area is 108 Å². The predicted octanol–water partition coefficient (Wildman–Crippen LogP) is 3.53. The summed E-state index contributed by atoms with van der Waals surface area (Å²) >= 11 is 0. The average molecular weight is 252 g/mol. The van der Waals surface area contributed by atoms with Crippen molar-refractivity contribution in [3.63, 3.8) is 0 Å². The summed E-state index contributed by atoms with van der Waals surface area (Å²) in [7, 11) is 0. The van der Waals surface area contributed by atoms with E-state index in [9.17, 15) is 9.18 Å². The number of halogens is 1. The number of rotatable bonds is 9. The average Bonchev–Trinajstić information content (AvgIpc) is 2.36. The Kier molecular flexibility index (Phi) is 7.26. The molecular formula is C15H21FO2. The lowest BCUT2D eigenvalue weighted by Gasteiger charge is -2.04. The molecule has 0 atom stereocenters. The number of benzene rings is 1. The molecule has 2 nitrogen and oxygen atoms in total. The topological polar surface area (TPSA) is 26.3 Å². The van der Waals surface area contributed by atoms with Gasteiger partial charge in [0.25, 0.3) is 0 Å². The molecule has 0 N–H and O–H groups in total. The van der Waals surface area contributed by atoms with Crippen LogP contribution in [0.4, 0.5) is 4.39 Å². The molecule has 0 saturated heterocycles. The number of Topliss-reactive ketones (excluding diaryl/α,β-unsaturated/α-hetero) is 1. The molecule has 1 aromatic carbocycles. The molecule has 100 valence electrons. The Morgan fingerprint density at radius 3 is 2.56 bits per heavy atom. The van der Waals surface area contributed by atoms with Gasteiger partial charge in [0.15, 0.2) is 5.78 Å². The number of unbranched alkanes of at least 4 members (excludes halogenated alkanes) is 3. The number of hydrogen-bond acceptors (Lipinski definition) is 2. The van der Waals surface area contributed by atoms with E-state index in [2.05, 4.69) is 6.92 Å². The Morgan fingerprint density at radius 2 is 1.89 bits per heavy atom. The van der Waals surface area contributed by atoms with Gasteiger partial charge in [0.2, 0.25) is 0 Å². The van der Waals surface area contributed by atoms with E-state index < -0.39 is 0 Å². The van der Waals surface area contributed by atoms with Crippen molar-refractivity contribution >= 4 is 5.78 Å². The third kappa shape index (κ3) is 6.50. The first-order valence-electron chi connectivity index (χ1n) is 6.56. The van der Waals surface area contributed by atoms with Crippen molar-refractivity contribution in [3.8, 4) is 0 Å². The normalized spacial score (nSPS) is 10.6. The standard InChI is InChI=1S/C15H21FO2/c1-2-3-4-5-10-18-12-15(17)11-13-6-8-14(16)9-7-13/h6-9H,2-5,10-12H2,1H3. The van der Waals surface area contributed by atoms with Crippen LogP contribution in [0.25, 0.3) is 0 Å². The monoisotopic (exact) mass is 252 g/mol. The second-order valence-electron chi connectivity index (χ2n) is 4.46. The summed E-state index contributed by atoms with van der Waals surface area (Å²) in [6.45, 7) is 2.96. The van der Waals surface area contributed by atoms with E-state index in [0.717, 1.165) is 18.4 Å². The summed E-state index contributed by atoms with van der Waals surface area (Å²) < 4.78 is 18.0. The van der Waals surface area contributed by atoms with Crippen LogP contribution in [0.15, 0.2) is 24.3 Å². The van der Waals surface area contributed by atoms with Crippen molar-refractivity contribution < 1.29 is 13.9 Å². The first-order chi connectivity index (χ1) is 8.72. The SMILES string of the molecule is CCCCCCOCC(=O)Cc1ccc(F)cc1. The van der Waals surface area contributed by atoms with Crippen LogP contribution in [0.1, 0.15) is 38.2 Å². The smallest absolute Gasteiger partial charge is 0.162 e. The fraction of sp³-hybridized carbons (Fsp3) is 0.533. The number of ether oxygens (including phenoxy) is 1. The van der Waals surface area contributed by atoms with Crippen LogP contribution in [-0.2, 0) is 16.0 Å². The fourth-order valence-electron chi connectivity index (χ4n) is 1.70. The predicted molar refractivity (Wildman–Crippen MR) is 70.1 cm³/mol. The van der Waals surface area contributed by atoms with E-state index in [1.165, 1.54) is 25.0 Å². The molecule has 0 spiro atoms. The zero-order valence-corrected chi connectivity index (χ0v) is 11.0. The third-order valence-corrected chi connectivity index (χ3v) is 2.72. The van der Waals surface area contributed by atoms with Crippen LogP contribution < -0.4 is 0 Å². The van der Waals surface area contributed by atoms with E-state index in [4.69, 9.17) is 4.74 Å². The molecule has 0 bridgehead atoms. The van der Waals surface area contributed by atoms with E-state index in [1.54, 1.807) is 12.1 Å². The van der Waals surface area contributed by atoms with Gasteiger partial charge in [-0.2, -0.15) is 0 Å². The summed E-state index contributed by atoms with van der Waals surface area (Å²) in [6.07, 6.45) is 4.89. The van der Waals surface area contributed by atoms with Crippen LogP contribution in [-0.4, -0.2) is 19.0 Å². The first kappa shape index (κ1) is 14.8. The second-order valence-corrected chi connectivity index (χ2v) is 4.46. The molecule has 0 aromatic heterocycles. The Morgan fingerprint density at radius 1 is 1.17 bits per heavy atom. The summed E-state index contributed by atoms with van der Waals surface area (Å²) in [5.74, 6) is -0.240. The Hall–Kier alpha value is -1.22. The minimum absolute atomic E-state index is 0.0390. The number of carbonyl (C=O) groups excluding carboxylic acids is 1. The minimum Gasteiger partial charge on any atom is -0.374 e. The molecule has 0 aliphatic rings. The lowest BCUT2D eigenvalue weighted by atomic mass is 10.1. The summed E-state index contributed by atoms with van der Waals surface area (Å²) in [5, 5.41) is 0. The molecule has 0 radical (unpaired) electrons. The minimum atomic E-state index is -0.279. The number of hydrogen-bond donors (Lipinski definition) is 0. The Balaban J connectivity index is 2.12. The van der Waals surface area contributed by atoms with Gasteiger partial charge in [0.1, 0.15) is 12.4 Å². The van der Waals surface area contributed by atoms with Gasteiger partial charge in [-0.25, -0.2) is 4.39 Å². The maximum atomic E-state index is 12.7. The van der Waals surface area contributed by atoms with Crippen molar-refractivity contribution in [1.82, 2.24) is 0 Å². The summed E-state index contributed by atoms with van der Waals surface area (Å²) in [4.78, 5) is 11.6. The van der Waals surface area contributed by atoms with E-state index in [1.807, 2.05) is 0 Å². The zero-order valence-electron chi connectivity index (χ0n) is 11.0. The second kappa shape index (κ2) is 8.81. The molecule has 0 saturated carbocycles. The van der Waals surface area contributed by atoms with Crippen LogP contribution in [0.3, 0.4) is 0 Å². The third-order valence-electron chi connectivity index (χ3n) is 2.72. The van der Waals surface area contributed by atoms with Crippen LogP contribution in [0.5, 0.6) is 0 Å². The lowest BCUT2D eigenvalue weighted by molar-refractivity contribution is -0.122. The van der Waals surface area contributed by atoms with Gasteiger partial charge in [-0.3, -0.25) is 4.79 Å². The summed E-state index contributed by atoms with van der Waals surface area (Å²) in [6, 6.07) is 6.01. The van der Waals surface area contributed by atoms with Crippen LogP contribution in [0.2, 0.25) is 0 Å². The van der Waals surface area contributed by atoms with Crippen molar-refractivity contribution in [2.24, 2.45) is 0 Å². The molecular weight excluding hydrogens is 231 g/mol. The van der Waals surface area contributed by atoms with Gasteiger partial charge >= 0.3 is 0 Å². The molecule has 1 aromatic rings. The number of carbonyl (C=O) groups is 1. The summed E-state index contributed by atoms with van der Waals surface area (Å²) in [5.41, 5.74) is 0.830. The highest BCUT2D eigenvalue weighted by molar-refractivity contribution is 5.82. The number of ketones is 1.